The van der Waals surface area contributed by atoms with E-state index in [1.165, 1.54) is 6.42 Å². The van der Waals surface area contributed by atoms with Crippen molar-refractivity contribution in [3.63, 3.8) is 0 Å². The Kier molecular flexibility index (Phi) is 7.07. The number of aliphatic hydroxyl groups excluding tert-OH is 1. The molecule has 1 atom stereocenters. The van der Waals surface area contributed by atoms with Gasteiger partial charge in [-0.25, -0.2) is 4.79 Å². The molecule has 0 radical (unpaired) electrons. The average molecular weight is 399 g/mol. The number of carbonyl (C=O) groups is 1. The second kappa shape index (κ2) is 8.83. The zero-order valence-electron chi connectivity index (χ0n) is 14.4. The molecule has 1 aromatic rings. The fourth-order valence-electron chi connectivity index (χ4n) is 3.36. The van der Waals surface area contributed by atoms with Crippen LogP contribution < -0.4 is 10.6 Å². The molecule has 1 unspecified atom stereocenters. The van der Waals surface area contributed by atoms with Gasteiger partial charge in [-0.05, 0) is 42.7 Å². The van der Waals surface area contributed by atoms with E-state index >= 15 is 0 Å². The maximum absolute atomic E-state index is 12.3. The number of rotatable bonds is 8. The van der Waals surface area contributed by atoms with E-state index in [-0.39, 0.29) is 18.1 Å². The van der Waals surface area contributed by atoms with Crippen molar-refractivity contribution in [3.05, 3.63) is 28.2 Å². The summed E-state index contributed by atoms with van der Waals surface area (Å²) in [6.45, 7) is 3.44. The number of carbonyl (C=O) groups excluding carboxylic acids is 1. The van der Waals surface area contributed by atoms with Crippen molar-refractivity contribution in [2.45, 2.75) is 39.2 Å². The summed E-state index contributed by atoms with van der Waals surface area (Å²) in [5.41, 5.74) is 1.80. The second-order valence-corrected chi connectivity index (χ2v) is 7.49. The summed E-state index contributed by atoms with van der Waals surface area (Å²) >= 11 is 3.49. The van der Waals surface area contributed by atoms with Gasteiger partial charge in [-0.2, -0.15) is 0 Å². The van der Waals surface area contributed by atoms with Gasteiger partial charge in [-0.15, -0.1) is 0 Å². The monoisotopic (exact) mass is 398 g/mol. The molecular weight excluding hydrogens is 372 g/mol. The fourth-order valence-corrected chi connectivity index (χ4v) is 3.84. The van der Waals surface area contributed by atoms with E-state index < -0.39 is 0 Å². The van der Waals surface area contributed by atoms with E-state index in [4.69, 9.17) is 4.74 Å². The Morgan fingerprint density at radius 2 is 2.21 bits per heavy atom. The van der Waals surface area contributed by atoms with Crippen molar-refractivity contribution in [2.75, 3.05) is 25.6 Å². The van der Waals surface area contributed by atoms with Gasteiger partial charge in [0, 0.05) is 36.0 Å². The van der Waals surface area contributed by atoms with Crippen molar-refractivity contribution in [1.82, 2.24) is 5.32 Å². The Morgan fingerprint density at radius 3 is 2.79 bits per heavy atom. The van der Waals surface area contributed by atoms with Gasteiger partial charge in [0.2, 0.25) is 0 Å². The number of hydrogen-bond donors (Lipinski definition) is 3. The second-order valence-electron chi connectivity index (χ2n) is 6.64. The molecule has 0 bridgehead atoms. The Labute approximate surface area is 152 Å². The molecule has 6 heteroatoms. The molecule has 2 rings (SSSR count). The third kappa shape index (κ3) is 4.49. The number of benzene rings is 1. The first-order valence-corrected chi connectivity index (χ1v) is 9.24. The van der Waals surface area contributed by atoms with Gasteiger partial charge < -0.3 is 20.5 Å². The van der Waals surface area contributed by atoms with E-state index in [0.29, 0.717) is 19.1 Å². The van der Waals surface area contributed by atoms with Gasteiger partial charge >= 0.3 is 6.03 Å². The van der Waals surface area contributed by atoms with Crippen LogP contribution in [0.25, 0.3) is 0 Å². The lowest BCUT2D eigenvalue weighted by Gasteiger charge is -2.46. The quantitative estimate of drug-likeness (QED) is 0.621. The van der Waals surface area contributed by atoms with Crippen LogP contribution in [-0.4, -0.2) is 31.4 Å². The molecule has 2 amide bonds. The number of urea groups is 1. The summed E-state index contributed by atoms with van der Waals surface area (Å²) in [5.74, 6) is 0.409. The van der Waals surface area contributed by atoms with Crippen molar-refractivity contribution < 1.29 is 14.6 Å². The lowest BCUT2D eigenvalue weighted by Crippen LogP contribution is -2.47. The Morgan fingerprint density at radius 1 is 1.46 bits per heavy atom. The zero-order chi connectivity index (χ0) is 17.6. The van der Waals surface area contributed by atoms with Crippen molar-refractivity contribution in [2.24, 2.45) is 11.3 Å². The first-order valence-electron chi connectivity index (χ1n) is 8.44. The van der Waals surface area contributed by atoms with Gasteiger partial charge in [0.1, 0.15) is 0 Å². The van der Waals surface area contributed by atoms with E-state index in [1.807, 2.05) is 18.2 Å². The zero-order valence-corrected chi connectivity index (χ0v) is 16.0. The third-order valence-electron chi connectivity index (χ3n) is 5.21. The highest BCUT2D eigenvalue weighted by atomic mass is 79.9. The number of aliphatic hydroxyl groups is 1. The van der Waals surface area contributed by atoms with Crippen LogP contribution in [0.15, 0.2) is 22.7 Å². The van der Waals surface area contributed by atoms with Crippen LogP contribution in [0.5, 0.6) is 0 Å². The molecule has 0 aromatic heterocycles. The van der Waals surface area contributed by atoms with Gasteiger partial charge in [-0.1, -0.05) is 35.3 Å². The lowest BCUT2D eigenvalue weighted by molar-refractivity contribution is 0.0462. The maximum atomic E-state index is 12.3. The Hall–Kier alpha value is -1.11. The predicted molar refractivity (Wildman–Crippen MR) is 99.0 cm³/mol. The molecular formula is C18H27BrN2O3. The number of halogens is 1. The number of amides is 2. The first-order chi connectivity index (χ1) is 11.5. The molecule has 3 N–H and O–H groups in total. The number of ether oxygens (including phenoxy) is 1. The van der Waals surface area contributed by atoms with Crippen LogP contribution in [0.4, 0.5) is 10.5 Å². The number of methoxy groups -OCH3 is 1. The van der Waals surface area contributed by atoms with Gasteiger partial charge in [0.15, 0.2) is 0 Å². The highest BCUT2D eigenvalue weighted by Gasteiger charge is 2.41. The minimum atomic E-state index is -0.201. The van der Waals surface area contributed by atoms with Crippen molar-refractivity contribution >= 4 is 27.6 Å². The van der Waals surface area contributed by atoms with E-state index in [0.717, 1.165) is 35.0 Å². The van der Waals surface area contributed by atoms with Crippen LogP contribution in [0.3, 0.4) is 0 Å². The summed E-state index contributed by atoms with van der Waals surface area (Å²) in [6.07, 6.45) is 4.20. The molecule has 0 aliphatic heterocycles. The fraction of sp³-hybridized carbons (Fsp3) is 0.611. The molecule has 0 heterocycles. The smallest absolute Gasteiger partial charge is 0.319 e. The van der Waals surface area contributed by atoms with Crippen molar-refractivity contribution in [1.29, 1.82) is 0 Å². The Balaban J connectivity index is 1.95. The molecule has 1 aliphatic carbocycles. The molecule has 134 valence electrons. The summed E-state index contributed by atoms with van der Waals surface area (Å²) in [7, 11) is 1.63. The topological polar surface area (TPSA) is 70.6 Å². The molecule has 1 fully saturated rings. The molecule has 0 spiro atoms. The molecule has 0 saturated heterocycles. The number of hydrogen-bond acceptors (Lipinski definition) is 3. The van der Waals surface area contributed by atoms with Crippen molar-refractivity contribution in [3.8, 4) is 0 Å². The summed E-state index contributed by atoms with van der Waals surface area (Å²) in [5, 5.41) is 15.1. The highest BCUT2D eigenvalue weighted by molar-refractivity contribution is 9.10. The van der Waals surface area contributed by atoms with E-state index in [1.54, 1.807) is 7.11 Å². The largest absolute Gasteiger partial charge is 0.396 e. The normalized spacial score (nSPS) is 17.0. The molecule has 24 heavy (non-hydrogen) atoms. The lowest BCUT2D eigenvalue weighted by atomic mass is 9.60. The van der Waals surface area contributed by atoms with Gasteiger partial charge in [-0.3, -0.25) is 0 Å². The molecule has 1 aromatic carbocycles. The Bertz CT molecular complexity index is 561. The van der Waals surface area contributed by atoms with Crippen LogP contribution in [0.1, 0.15) is 38.2 Å². The summed E-state index contributed by atoms with van der Waals surface area (Å²) in [4.78, 5) is 12.3. The predicted octanol–water partition coefficient (Wildman–Crippen LogP) is 3.91. The minimum absolute atomic E-state index is 0.132. The number of nitrogens with one attached hydrogen (secondary N) is 2. The molecule has 5 nitrogen and oxygen atoms in total. The van der Waals surface area contributed by atoms with Gasteiger partial charge in [0.25, 0.3) is 0 Å². The standard InChI is InChI=1S/C18H27BrN2O3/c1-13(7-10-22)18(8-4-9-18)12-20-17(23)21-16-6-3-5-15(19)14(16)11-24-2/h3,5-6,13,22H,4,7-12H2,1-2H3,(H2,20,21,23). The van der Waals surface area contributed by atoms with Gasteiger partial charge in [0.05, 0.1) is 6.61 Å². The van der Waals surface area contributed by atoms with Crippen LogP contribution in [-0.2, 0) is 11.3 Å². The minimum Gasteiger partial charge on any atom is -0.396 e. The van der Waals surface area contributed by atoms with E-state index in [2.05, 4.69) is 33.5 Å². The summed E-state index contributed by atoms with van der Waals surface area (Å²) in [6, 6.07) is 5.48. The average Bonchev–Trinajstić information content (AvgIpc) is 2.50. The first kappa shape index (κ1) is 19.2. The van der Waals surface area contributed by atoms with E-state index in [9.17, 15) is 9.90 Å². The third-order valence-corrected chi connectivity index (χ3v) is 5.96. The SMILES string of the molecule is COCc1c(Br)cccc1NC(=O)NCC1(C(C)CCO)CCC1. The van der Waals surface area contributed by atoms with Crippen LogP contribution >= 0.6 is 15.9 Å². The summed E-state index contributed by atoms with van der Waals surface area (Å²) < 4.78 is 6.12. The number of anilines is 1. The molecule has 1 saturated carbocycles. The molecule has 1 aliphatic rings. The maximum Gasteiger partial charge on any atom is 0.319 e. The van der Waals surface area contributed by atoms with Crippen LogP contribution in [0, 0.1) is 11.3 Å². The van der Waals surface area contributed by atoms with Crippen LogP contribution in [0.2, 0.25) is 0 Å². The highest BCUT2D eigenvalue weighted by Crippen LogP contribution is 2.47.